The molecular weight excluding hydrogens is 294 g/mol. The Morgan fingerprint density at radius 1 is 1.22 bits per heavy atom. The summed E-state index contributed by atoms with van der Waals surface area (Å²) in [6.45, 7) is 3.50. The number of hydrogen-bond acceptors (Lipinski definition) is 5. The van der Waals surface area contributed by atoms with E-state index >= 15 is 0 Å². The molecule has 0 aliphatic heterocycles. The zero-order valence-electron chi connectivity index (χ0n) is 12.8. The Bertz CT molecular complexity index is 929. The third-order valence-corrected chi connectivity index (χ3v) is 3.78. The van der Waals surface area contributed by atoms with Gasteiger partial charge in [0.15, 0.2) is 6.61 Å². The van der Waals surface area contributed by atoms with E-state index in [1.807, 2.05) is 13.0 Å². The first kappa shape index (κ1) is 15.0. The molecule has 1 aromatic carbocycles. The number of carbonyl (C=O) groups is 1. The van der Waals surface area contributed by atoms with Crippen LogP contribution in [0.3, 0.4) is 0 Å². The van der Waals surface area contributed by atoms with E-state index < -0.39 is 0 Å². The van der Waals surface area contributed by atoms with Crippen molar-refractivity contribution in [2.45, 2.75) is 13.8 Å². The van der Waals surface area contributed by atoms with Crippen molar-refractivity contribution in [3.8, 4) is 5.75 Å². The molecule has 2 heterocycles. The summed E-state index contributed by atoms with van der Waals surface area (Å²) in [6, 6.07) is 8.59. The number of nitrogens with zero attached hydrogens (tertiary/aromatic N) is 1. The zero-order chi connectivity index (χ0) is 16.4. The Morgan fingerprint density at radius 2 is 2.04 bits per heavy atom. The Balaban J connectivity index is 1.83. The van der Waals surface area contributed by atoms with Gasteiger partial charge in [0.1, 0.15) is 11.3 Å². The van der Waals surface area contributed by atoms with Gasteiger partial charge < -0.3 is 9.15 Å². The van der Waals surface area contributed by atoms with Crippen LogP contribution in [0.4, 0.5) is 0 Å². The van der Waals surface area contributed by atoms with Crippen molar-refractivity contribution >= 4 is 16.8 Å². The van der Waals surface area contributed by atoms with Crippen molar-refractivity contribution in [2.24, 2.45) is 0 Å². The van der Waals surface area contributed by atoms with Gasteiger partial charge in [0.2, 0.25) is 5.78 Å². The molecule has 2 aromatic heterocycles. The first-order chi connectivity index (χ1) is 11.1. The number of fused-ring (bicyclic) bond motifs is 1. The first-order valence-corrected chi connectivity index (χ1v) is 7.16. The quantitative estimate of drug-likeness (QED) is 0.547. The van der Waals surface area contributed by atoms with Crippen molar-refractivity contribution in [3.05, 3.63) is 69.8 Å². The minimum atomic E-state index is -0.362. The Labute approximate surface area is 132 Å². The predicted molar refractivity (Wildman–Crippen MR) is 86.0 cm³/mol. The van der Waals surface area contributed by atoms with Crippen molar-refractivity contribution in [2.75, 3.05) is 6.61 Å². The number of rotatable bonds is 4. The van der Waals surface area contributed by atoms with Gasteiger partial charge >= 0.3 is 5.63 Å². The second-order valence-electron chi connectivity index (χ2n) is 5.25. The second-order valence-corrected chi connectivity index (χ2v) is 5.25. The van der Waals surface area contributed by atoms with E-state index in [4.69, 9.17) is 9.15 Å². The number of aromatic nitrogens is 1. The van der Waals surface area contributed by atoms with E-state index in [-0.39, 0.29) is 18.0 Å². The molecule has 0 saturated heterocycles. The molecular formula is C18H15NO4. The number of Topliss-reactive ketones (excluding diaryl/α,β-unsaturated/α-hetero) is 1. The van der Waals surface area contributed by atoms with E-state index in [9.17, 15) is 9.59 Å². The van der Waals surface area contributed by atoms with Crippen molar-refractivity contribution in [1.82, 2.24) is 4.98 Å². The molecule has 0 unspecified atom stereocenters. The maximum atomic E-state index is 12.0. The highest BCUT2D eigenvalue weighted by Crippen LogP contribution is 2.23. The topological polar surface area (TPSA) is 69.4 Å². The van der Waals surface area contributed by atoms with Crippen LogP contribution in [0.2, 0.25) is 0 Å². The van der Waals surface area contributed by atoms with Gasteiger partial charge in [-0.25, -0.2) is 4.79 Å². The highest BCUT2D eigenvalue weighted by Gasteiger charge is 2.10. The summed E-state index contributed by atoms with van der Waals surface area (Å²) >= 11 is 0. The molecule has 3 aromatic rings. The van der Waals surface area contributed by atoms with Gasteiger partial charge in [0.05, 0.1) is 0 Å². The minimum Gasteiger partial charge on any atom is -0.485 e. The van der Waals surface area contributed by atoms with Crippen LogP contribution in [-0.2, 0) is 0 Å². The normalized spacial score (nSPS) is 10.7. The first-order valence-electron chi connectivity index (χ1n) is 7.16. The fourth-order valence-electron chi connectivity index (χ4n) is 2.28. The Kier molecular flexibility index (Phi) is 3.93. The lowest BCUT2D eigenvalue weighted by Gasteiger charge is -2.08. The van der Waals surface area contributed by atoms with E-state index in [2.05, 4.69) is 4.98 Å². The molecule has 0 bridgehead atoms. The molecule has 0 saturated carbocycles. The molecule has 0 fully saturated rings. The Hall–Kier alpha value is -2.95. The van der Waals surface area contributed by atoms with Gasteiger partial charge in [-0.2, -0.15) is 0 Å². The molecule has 23 heavy (non-hydrogen) atoms. The van der Waals surface area contributed by atoms with Crippen LogP contribution in [0.15, 0.2) is 51.9 Å². The third kappa shape index (κ3) is 2.99. The van der Waals surface area contributed by atoms with Gasteiger partial charge in [-0.15, -0.1) is 0 Å². The number of pyridine rings is 1. The molecule has 0 amide bonds. The number of aryl methyl sites for hydroxylation is 1. The summed E-state index contributed by atoms with van der Waals surface area (Å²) in [5.74, 6) is 0.306. The maximum Gasteiger partial charge on any atom is 0.339 e. The van der Waals surface area contributed by atoms with E-state index in [0.717, 1.165) is 10.9 Å². The molecule has 0 atom stereocenters. The average Bonchev–Trinajstić information content (AvgIpc) is 2.58. The summed E-state index contributed by atoms with van der Waals surface area (Å²) in [7, 11) is 0. The number of hydrogen-bond donors (Lipinski definition) is 0. The van der Waals surface area contributed by atoms with E-state index in [1.165, 1.54) is 6.20 Å². The van der Waals surface area contributed by atoms with Gasteiger partial charge in [0.25, 0.3) is 0 Å². The summed E-state index contributed by atoms with van der Waals surface area (Å²) in [5, 5.41) is 0.855. The van der Waals surface area contributed by atoms with Crippen LogP contribution >= 0.6 is 0 Å². The van der Waals surface area contributed by atoms with Gasteiger partial charge in [-0.1, -0.05) is 0 Å². The van der Waals surface area contributed by atoms with Crippen molar-refractivity contribution in [1.29, 1.82) is 0 Å². The third-order valence-electron chi connectivity index (χ3n) is 3.78. The summed E-state index contributed by atoms with van der Waals surface area (Å²) in [5.41, 5.74) is 2.06. The van der Waals surface area contributed by atoms with Crippen LogP contribution in [0, 0.1) is 13.8 Å². The van der Waals surface area contributed by atoms with Crippen LogP contribution in [-0.4, -0.2) is 17.4 Å². The minimum absolute atomic E-state index is 0.105. The molecule has 0 radical (unpaired) electrons. The SMILES string of the molecule is Cc1c(C)c2ccc(OCC(=O)c3cccnc3)cc2oc1=O. The maximum absolute atomic E-state index is 12.0. The lowest BCUT2D eigenvalue weighted by atomic mass is 10.1. The molecule has 116 valence electrons. The lowest BCUT2D eigenvalue weighted by molar-refractivity contribution is 0.0921. The fourth-order valence-corrected chi connectivity index (χ4v) is 2.28. The lowest BCUT2D eigenvalue weighted by Crippen LogP contribution is -2.12. The standard InChI is InChI=1S/C18H15NO4/c1-11-12(2)18(21)23-17-8-14(5-6-15(11)17)22-10-16(20)13-4-3-7-19-9-13/h3-9H,10H2,1-2H3. The zero-order valence-corrected chi connectivity index (χ0v) is 12.8. The van der Waals surface area contributed by atoms with Crippen LogP contribution in [0.5, 0.6) is 5.75 Å². The molecule has 5 heteroatoms. The second kappa shape index (κ2) is 6.04. The average molecular weight is 309 g/mol. The summed E-state index contributed by atoms with van der Waals surface area (Å²) in [4.78, 5) is 27.6. The highest BCUT2D eigenvalue weighted by molar-refractivity contribution is 5.97. The van der Waals surface area contributed by atoms with Crippen LogP contribution in [0.1, 0.15) is 21.5 Å². The molecule has 3 rings (SSSR count). The Morgan fingerprint density at radius 3 is 2.78 bits per heavy atom. The van der Waals surface area contributed by atoms with Crippen molar-refractivity contribution < 1.29 is 13.9 Å². The molecule has 0 aliphatic rings. The number of benzene rings is 1. The van der Waals surface area contributed by atoms with Gasteiger partial charge in [0, 0.05) is 35.0 Å². The smallest absolute Gasteiger partial charge is 0.339 e. The van der Waals surface area contributed by atoms with Gasteiger partial charge in [-0.3, -0.25) is 9.78 Å². The molecule has 0 aliphatic carbocycles. The number of ketones is 1. The number of carbonyl (C=O) groups excluding carboxylic acids is 1. The highest BCUT2D eigenvalue weighted by atomic mass is 16.5. The van der Waals surface area contributed by atoms with Crippen LogP contribution in [0.25, 0.3) is 11.0 Å². The number of ether oxygens (including phenoxy) is 1. The fraction of sp³-hybridized carbons (Fsp3) is 0.167. The van der Waals surface area contributed by atoms with Gasteiger partial charge in [-0.05, 0) is 43.7 Å². The molecule has 0 spiro atoms. The summed E-state index contributed by atoms with van der Waals surface area (Å²) < 4.78 is 10.8. The van der Waals surface area contributed by atoms with Crippen LogP contribution < -0.4 is 10.4 Å². The molecule has 0 N–H and O–H groups in total. The van der Waals surface area contributed by atoms with E-state index in [0.29, 0.717) is 22.5 Å². The molecule has 5 nitrogen and oxygen atoms in total. The monoisotopic (exact) mass is 309 g/mol. The summed E-state index contributed by atoms with van der Waals surface area (Å²) in [6.07, 6.45) is 3.10. The predicted octanol–water partition coefficient (Wildman–Crippen LogP) is 3.07. The van der Waals surface area contributed by atoms with E-state index in [1.54, 1.807) is 37.4 Å². The van der Waals surface area contributed by atoms with Crippen molar-refractivity contribution in [3.63, 3.8) is 0 Å². The largest absolute Gasteiger partial charge is 0.485 e.